The molecule has 0 amide bonds. The maximum atomic E-state index is 3.55. The molecule has 86 valence electrons. The Balaban J connectivity index is 1.81. The average Bonchev–Trinajstić information content (AvgIpc) is 2.23. The van der Waals surface area contributed by atoms with Crippen molar-refractivity contribution in [1.29, 1.82) is 0 Å². The van der Waals surface area contributed by atoms with E-state index in [1.54, 1.807) is 5.56 Å². The third-order valence-electron chi connectivity index (χ3n) is 3.87. The number of hydrogen-bond donors (Lipinski definition) is 1. The molecule has 2 heterocycles. The molecular weight excluding hydrogens is 196 g/mol. The molecule has 2 aliphatic rings. The highest BCUT2D eigenvalue weighted by Crippen LogP contribution is 2.26. The predicted octanol–water partition coefficient (Wildman–Crippen LogP) is 1.89. The summed E-state index contributed by atoms with van der Waals surface area (Å²) in [6, 6.07) is 6.94. The lowest BCUT2D eigenvalue weighted by atomic mass is 9.89. The molecule has 1 N–H and O–H groups in total. The van der Waals surface area contributed by atoms with Gasteiger partial charge in [-0.15, -0.1) is 0 Å². The fourth-order valence-corrected chi connectivity index (χ4v) is 2.82. The monoisotopic (exact) mass is 216 g/mol. The van der Waals surface area contributed by atoms with Gasteiger partial charge in [0.15, 0.2) is 0 Å². The SMILES string of the molecule is Cc1ccc2c(c1)CNCC2CN1CCC1. The van der Waals surface area contributed by atoms with Crippen LogP contribution in [0.15, 0.2) is 18.2 Å². The lowest BCUT2D eigenvalue weighted by Gasteiger charge is -2.36. The van der Waals surface area contributed by atoms with E-state index in [0.29, 0.717) is 5.92 Å². The second-order valence-corrected chi connectivity index (χ2v) is 5.18. The van der Waals surface area contributed by atoms with Gasteiger partial charge in [0.1, 0.15) is 0 Å². The Bertz CT molecular complexity index is 382. The number of fused-ring (bicyclic) bond motifs is 1. The van der Waals surface area contributed by atoms with Crippen LogP contribution in [-0.2, 0) is 6.54 Å². The molecule has 2 nitrogen and oxygen atoms in total. The Kier molecular flexibility index (Phi) is 2.70. The first-order chi connectivity index (χ1) is 7.83. The Morgan fingerprint density at radius 2 is 2.25 bits per heavy atom. The summed E-state index contributed by atoms with van der Waals surface area (Å²) in [5, 5.41) is 3.55. The summed E-state index contributed by atoms with van der Waals surface area (Å²) in [7, 11) is 0. The van der Waals surface area contributed by atoms with Crippen molar-refractivity contribution in [2.24, 2.45) is 0 Å². The van der Waals surface area contributed by atoms with E-state index >= 15 is 0 Å². The summed E-state index contributed by atoms with van der Waals surface area (Å²) in [5.74, 6) is 0.699. The largest absolute Gasteiger partial charge is 0.312 e. The lowest BCUT2D eigenvalue weighted by molar-refractivity contribution is 0.167. The summed E-state index contributed by atoms with van der Waals surface area (Å²) in [4.78, 5) is 2.57. The number of rotatable bonds is 2. The van der Waals surface area contributed by atoms with Gasteiger partial charge >= 0.3 is 0 Å². The number of benzene rings is 1. The standard InChI is InChI=1S/C14H20N2/c1-11-3-4-14-12(7-11)8-15-9-13(14)10-16-5-2-6-16/h3-4,7,13,15H,2,5-6,8-10H2,1H3. The lowest BCUT2D eigenvalue weighted by Crippen LogP contribution is -2.43. The van der Waals surface area contributed by atoms with Gasteiger partial charge in [-0.3, -0.25) is 0 Å². The minimum Gasteiger partial charge on any atom is -0.312 e. The van der Waals surface area contributed by atoms with Gasteiger partial charge in [0, 0.05) is 25.6 Å². The first-order valence-corrected chi connectivity index (χ1v) is 6.35. The highest BCUT2D eigenvalue weighted by Gasteiger charge is 2.24. The summed E-state index contributed by atoms with van der Waals surface area (Å²) in [6.45, 7) is 8.22. The molecule has 2 heteroatoms. The van der Waals surface area contributed by atoms with Crippen LogP contribution in [0.25, 0.3) is 0 Å². The van der Waals surface area contributed by atoms with E-state index in [1.165, 1.54) is 37.2 Å². The first-order valence-electron chi connectivity index (χ1n) is 6.35. The first kappa shape index (κ1) is 10.3. The van der Waals surface area contributed by atoms with Gasteiger partial charge in [-0.25, -0.2) is 0 Å². The zero-order valence-corrected chi connectivity index (χ0v) is 10.00. The maximum Gasteiger partial charge on any atom is 0.0208 e. The fraction of sp³-hybridized carbons (Fsp3) is 0.571. The van der Waals surface area contributed by atoms with Crippen molar-refractivity contribution in [1.82, 2.24) is 10.2 Å². The van der Waals surface area contributed by atoms with Crippen molar-refractivity contribution in [2.45, 2.75) is 25.8 Å². The molecule has 3 rings (SSSR count). The molecule has 1 fully saturated rings. The third kappa shape index (κ3) is 1.87. The molecule has 16 heavy (non-hydrogen) atoms. The van der Waals surface area contributed by atoms with Crippen LogP contribution in [-0.4, -0.2) is 31.1 Å². The molecular formula is C14H20N2. The summed E-state index contributed by atoms with van der Waals surface area (Å²) in [6.07, 6.45) is 1.39. The van der Waals surface area contributed by atoms with Crippen LogP contribution in [0.5, 0.6) is 0 Å². The average molecular weight is 216 g/mol. The van der Waals surface area contributed by atoms with Gasteiger partial charge in [0.2, 0.25) is 0 Å². The second kappa shape index (κ2) is 4.19. The molecule has 2 aliphatic heterocycles. The van der Waals surface area contributed by atoms with E-state index in [4.69, 9.17) is 0 Å². The molecule has 1 saturated heterocycles. The van der Waals surface area contributed by atoms with E-state index in [2.05, 4.69) is 35.3 Å². The van der Waals surface area contributed by atoms with Crippen molar-refractivity contribution in [3.8, 4) is 0 Å². The molecule has 0 spiro atoms. The van der Waals surface area contributed by atoms with E-state index in [-0.39, 0.29) is 0 Å². The topological polar surface area (TPSA) is 15.3 Å². The molecule has 1 aromatic carbocycles. The number of nitrogens with zero attached hydrogens (tertiary/aromatic N) is 1. The van der Waals surface area contributed by atoms with Crippen molar-refractivity contribution >= 4 is 0 Å². The summed E-state index contributed by atoms with van der Waals surface area (Å²) < 4.78 is 0. The van der Waals surface area contributed by atoms with E-state index < -0.39 is 0 Å². The van der Waals surface area contributed by atoms with Crippen molar-refractivity contribution < 1.29 is 0 Å². The number of nitrogens with one attached hydrogen (secondary N) is 1. The minimum absolute atomic E-state index is 0.699. The van der Waals surface area contributed by atoms with Crippen LogP contribution < -0.4 is 5.32 Å². The summed E-state index contributed by atoms with van der Waals surface area (Å²) in [5.41, 5.74) is 4.47. The smallest absolute Gasteiger partial charge is 0.0208 e. The number of aryl methyl sites for hydroxylation is 1. The fourth-order valence-electron chi connectivity index (χ4n) is 2.82. The van der Waals surface area contributed by atoms with Crippen LogP contribution in [0.4, 0.5) is 0 Å². The highest BCUT2D eigenvalue weighted by molar-refractivity contribution is 5.36. The molecule has 0 bridgehead atoms. The van der Waals surface area contributed by atoms with Crippen molar-refractivity contribution in [3.63, 3.8) is 0 Å². The van der Waals surface area contributed by atoms with Gasteiger partial charge < -0.3 is 10.2 Å². The zero-order chi connectivity index (χ0) is 11.0. The predicted molar refractivity (Wildman–Crippen MR) is 66.7 cm³/mol. The summed E-state index contributed by atoms with van der Waals surface area (Å²) >= 11 is 0. The quantitative estimate of drug-likeness (QED) is 0.812. The minimum atomic E-state index is 0.699. The van der Waals surface area contributed by atoms with Gasteiger partial charge in [0.25, 0.3) is 0 Å². The van der Waals surface area contributed by atoms with Gasteiger partial charge in [-0.05, 0) is 37.6 Å². The molecule has 0 aromatic heterocycles. The van der Waals surface area contributed by atoms with Gasteiger partial charge in [-0.2, -0.15) is 0 Å². The van der Waals surface area contributed by atoms with Crippen LogP contribution in [0.1, 0.15) is 29.0 Å². The zero-order valence-electron chi connectivity index (χ0n) is 10.00. The molecule has 0 radical (unpaired) electrons. The normalized spacial score (nSPS) is 24.9. The third-order valence-corrected chi connectivity index (χ3v) is 3.87. The highest BCUT2D eigenvalue weighted by atomic mass is 15.2. The van der Waals surface area contributed by atoms with Crippen LogP contribution in [0.3, 0.4) is 0 Å². The van der Waals surface area contributed by atoms with E-state index in [0.717, 1.165) is 13.1 Å². The van der Waals surface area contributed by atoms with Crippen molar-refractivity contribution in [2.75, 3.05) is 26.2 Å². The molecule has 1 atom stereocenters. The maximum absolute atomic E-state index is 3.55. The number of hydrogen-bond acceptors (Lipinski definition) is 2. The van der Waals surface area contributed by atoms with Crippen LogP contribution in [0.2, 0.25) is 0 Å². The second-order valence-electron chi connectivity index (χ2n) is 5.18. The van der Waals surface area contributed by atoms with E-state index in [9.17, 15) is 0 Å². The van der Waals surface area contributed by atoms with Crippen LogP contribution >= 0.6 is 0 Å². The molecule has 1 aromatic rings. The Morgan fingerprint density at radius 3 is 3.00 bits per heavy atom. The Hall–Kier alpha value is -0.860. The number of likely N-dealkylation sites (tertiary alicyclic amines) is 1. The van der Waals surface area contributed by atoms with Gasteiger partial charge in [-0.1, -0.05) is 23.8 Å². The van der Waals surface area contributed by atoms with E-state index in [1.807, 2.05) is 0 Å². The van der Waals surface area contributed by atoms with Gasteiger partial charge in [0.05, 0.1) is 0 Å². The molecule has 0 saturated carbocycles. The Labute approximate surface area is 97.6 Å². The molecule has 0 aliphatic carbocycles. The van der Waals surface area contributed by atoms with Crippen LogP contribution in [0, 0.1) is 6.92 Å². The Morgan fingerprint density at radius 1 is 1.38 bits per heavy atom. The molecule has 1 unspecified atom stereocenters. The van der Waals surface area contributed by atoms with Crippen molar-refractivity contribution in [3.05, 3.63) is 34.9 Å².